The molecule has 1 aliphatic rings. The van der Waals surface area contributed by atoms with Gasteiger partial charge in [0.15, 0.2) is 0 Å². The lowest BCUT2D eigenvalue weighted by molar-refractivity contribution is 0.0730. The van der Waals surface area contributed by atoms with Crippen LogP contribution >= 0.6 is 0 Å². The first-order valence-electron chi connectivity index (χ1n) is 9.49. The zero-order valence-corrected chi connectivity index (χ0v) is 18.2. The number of rotatable bonds is 7. The highest BCUT2D eigenvalue weighted by molar-refractivity contribution is 7.89. The van der Waals surface area contributed by atoms with Gasteiger partial charge in [-0.05, 0) is 36.8 Å². The summed E-state index contributed by atoms with van der Waals surface area (Å²) in [5.74, 6) is 0. The van der Waals surface area contributed by atoms with E-state index in [1.54, 1.807) is 6.92 Å². The van der Waals surface area contributed by atoms with Crippen LogP contribution in [0.15, 0.2) is 58.3 Å². The first-order chi connectivity index (χ1) is 13.7. The van der Waals surface area contributed by atoms with E-state index < -0.39 is 20.0 Å². The number of ether oxygens (including phenoxy) is 1. The standard InChI is InChI=1S/C20H26N2O5S2/c1-3-21(16-18-6-4-5-17(2)15-18)28(23,24)19-7-9-20(10-8-19)29(25,26)22-11-13-27-14-12-22/h4-10,15H,3,11-14,16H2,1-2H3. The molecule has 9 heteroatoms. The third-order valence-corrected chi connectivity index (χ3v) is 8.71. The lowest BCUT2D eigenvalue weighted by Gasteiger charge is -2.26. The van der Waals surface area contributed by atoms with Crippen molar-refractivity contribution in [3.63, 3.8) is 0 Å². The Hall–Kier alpha value is -1.78. The molecule has 158 valence electrons. The van der Waals surface area contributed by atoms with Crippen molar-refractivity contribution in [1.82, 2.24) is 8.61 Å². The van der Waals surface area contributed by atoms with E-state index in [2.05, 4.69) is 0 Å². The van der Waals surface area contributed by atoms with Gasteiger partial charge in [-0.25, -0.2) is 16.8 Å². The topological polar surface area (TPSA) is 84.0 Å². The van der Waals surface area contributed by atoms with Crippen molar-refractivity contribution in [2.45, 2.75) is 30.2 Å². The number of sulfonamides is 2. The van der Waals surface area contributed by atoms with Crippen LogP contribution in [0.5, 0.6) is 0 Å². The van der Waals surface area contributed by atoms with Crippen LogP contribution in [-0.2, 0) is 31.3 Å². The Labute approximate surface area is 173 Å². The summed E-state index contributed by atoms with van der Waals surface area (Å²) in [6, 6.07) is 13.2. The smallest absolute Gasteiger partial charge is 0.243 e. The molecular formula is C20H26N2O5S2. The zero-order valence-electron chi connectivity index (χ0n) is 16.6. The average molecular weight is 439 g/mol. The van der Waals surface area contributed by atoms with Gasteiger partial charge in [0.25, 0.3) is 0 Å². The Morgan fingerprint density at radius 3 is 2.17 bits per heavy atom. The molecule has 0 aromatic heterocycles. The molecule has 0 spiro atoms. The SMILES string of the molecule is CCN(Cc1cccc(C)c1)S(=O)(=O)c1ccc(S(=O)(=O)N2CCOCC2)cc1. The van der Waals surface area contributed by atoms with Gasteiger partial charge in [0.2, 0.25) is 20.0 Å². The van der Waals surface area contributed by atoms with Crippen molar-refractivity contribution in [3.8, 4) is 0 Å². The molecule has 0 saturated carbocycles. The fourth-order valence-corrected chi connectivity index (χ4v) is 6.09. The van der Waals surface area contributed by atoms with E-state index in [1.807, 2.05) is 31.2 Å². The van der Waals surface area contributed by atoms with E-state index in [0.717, 1.165) is 11.1 Å². The minimum absolute atomic E-state index is 0.0768. The molecule has 7 nitrogen and oxygen atoms in total. The summed E-state index contributed by atoms with van der Waals surface area (Å²) in [7, 11) is -7.40. The second kappa shape index (κ2) is 8.93. The third kappa shape index (κ3) is 4.87. The van der Waals surface area contributed by atoms with Gasteiger partial charge < -0.3 is 4.74 Å². The molecule has 1 aliphatic heterocycles. The molecule has 2 aromatic rings. The normalized spacial score (nSPS) is 16.2. The van der Waals surface area contributed by atoms with Crippen LogP contribution in [0.25, 0.3) is 0 Å². The molecule has 1 saturated heterocycles. The van der Waals surface area contributed by atoms with E-state index in [1.165, 1.54) is 32.9 Å². The molecule has 1 heterocycles. The predicted octanol–water partition coefficient (Wildman–Crippen LogP) is 2.23. The summed E-state index contributed by atoms with van der Waals surface area (Å²) in [5, 5.41) is 0. The van der Waals surface area contributed by atoms with Crippen molar-refractivity contribution < 1.29 is 21.6 Å². The number of nitrogens with zero attached hydrogens (tertiary/aromatic N) is 2. The summed E-state index contributed by atoms with van der Waals surface area (Å²) in [5.41, 5.74) is 1.97. The molecule has 2 aromatic carbocycles. The van der Waals surface area contributed by atoms with Crippen LogP contribution in [0.1, 0.15) is 18.1 Å². The molecule has 3 rings (SSSR count). The molecular weight excluding hydrogens is 412 g/mol. The maximum absolute atomic E-state index is 13.1. The highest BCUT2D eigenvalue weighted by Gasteiger charge is 2.28. The molecule has 0 N–H and O–H groups in total. The van der Waals surface area contributed by atoms with Gasteiger partial charge in [-0.3, -0.25) is 0 Å². The van der Waals surface area contributed by atoms with Crippen LogP contribution < -0.4 is 0 Å². The van der Waals surface area contributed by atoms with Gasteiger partial charge >= 0.3 is 0 Å². The quantitative estimate of drug-likeness (QED) is 0.662. The van der Waals surface area contributed by atoms with Gasteiger partial charge in [0, 0.05) is 26.2 Å². The van der Waals surface area contributed by atoms with Crippen LogP contribution in [0.2, 0.25) is 0 Å². The van der Waals surface area contributed by atoms with Crippen LogP contribution in [0, 0.1) is 6.92 Å². The Morgan fingerprint density at radius 2 is 1.59 bits per heavy atom. The molecule has 1 fully saturated rings. The average Bonchev–Trinajstić information content (AvgIpc) is 2.72. The summed E-state index contributed by atoms with van der Waals surface area (Å²) < 4.78 is 59.5. The van der Waals surface area contributed by atoms with Gasteiger partial charge in [-0.1, -0.05) is 36.8 Å². The Morgan fingerprint density at radius 1 is 0.966 bits per heavy atom. The monoisotopic (exact) mass is 438 g/mol. The molecule has 0 aliphatic carbocycles. The molecule has 0 bridgehead atoms. The number of morpholine rings is 1. The fraction of sp³-hybridized carbons (Fsp3) is 0.400. The molecule has 0 unspecified atom stereocenters. The highest BCUT2D eigenvalue weighted by Crippen LogP contribution is 2.23. The fourth-order valence-electron chi connectivity index (χ4n) is 3.25. The molecule has 0 radical (unpaired) electrons. The van der Waals surface area contributed by atoms with Gasteiger partial charge in [-0.2, -0.15) is 8.61 Å². The molecule has 29 heavy (non-hydrogen) atoms. The van der Waals surface area contributed by atoms with Gasteiger partial charge in [0.05, 0.1) is 23.0 Å². The van der Waals surface area contributed by atoms with Crippen molar-refractivity contribution >= 4 is 20.0 Å². The maximum Gasteiger partial charge on any atom is 0.243 e. The second-order valence-electron chi connectivity index (χ2n) is 6.91. The van der Waals surface area contributed by atoms with E-state index in [4.69, 9.17) is 4.74 Å². The van der Waals surface area contributed by atoms with E-state index in [-0.39, 0.29) is 16.3 Å². The summed E-state index contributed by atoms with van der Waals surface area (Å²) in [4.78, 5) is 0.160. The van der Waals surface area contributed by atoms with E-state index in [9.17, 15) is 16.8 Å². The van der Waals surface area contributed by atoms with E-state index in [0.29, 0.717) is 32.8 Å². The van der Waals surface area contributed by atoms with Crippen LogP contribution in [-0.4, -0.2) is 58.3 Å². The van der Waals surface area contributed by atoms with Crippen molar-refractivity contribution in [1.29, 1.82) is 0 Å². The van der Waals surface area contributed by atoms with Gasteiger partial charge in [-0.15, -0.1) is 0 Å². The van der Waals surface area contributed by atoms with Gasteiger partial charge in [0.1, 0.15) is 0 Å². The molecule has 0 atom stereocenters. The summed E-state index contributed by atoms with van der Waals surface area (Å²) >= 11 is 0. The van der Waals surface area contributed by atoms with Crippen LogP contribution in [0.3, 0.4) is 0 Å². The van der Waals surface area contributed by atoms with Crippen molar-refractivity contribution in [2.24, 2.45) is 0 Å². The Kier molecular flexibility index (Phi) is 6.75. The first-order valence-corrected chi connectivity index (χ1v) is 12.4. The minimum Gasteiger partial charge on any atom is -0.379 e. The zero-order chi connectivity index (χ0) is 21.1. The van der Waals surface area contributed by atoms with Crippen molar-refractivity contribution in [3.05, 3.63) is 59.7 Å². The second-order valence-corrected chi connectivity index (χ2v) is 10.8. The summed E-state index contributed by atoms with van der Waals surface area (Å²) in [6.45, 7) is 5.61. The minimum atomic E-state index is -3.74. The largest absolute Gasteiger partial charge is 0.379 e. The maximum atomic E-state index is 13.1. The van der Waals surface area contributed by atoms with E-state index >= 15 is 0 Å². The van der Waals surface area contributed by atoms with Crippen molar-refractivity contribution in [2.75, 3.05) is 32.8 Å². The number of hydrogen-bond donors (Lipinski definition) is 0. The number of aryl methyl sites for hydroxylation is 1. The highest BCUT2D eigenvalue weighted by atomic mass is 32.2. The van der Waals surface area contributed by atoms with Crippen LogP contribution in [0.4, 0.5) is 0 Å². The Balaban J connectivity index is 1.83. The first kappa shape index (κ1) is 21.9. The lowest BCUT2D eigenvalue weighted by Crippen LogP contribution is -2.40. The number of benzene rings is 2. The third-order valence-electron chi connectivity index (χ3n) is 4.86. The summed E-state index contributed by atoms with van der Waals surface area (Å²) in [6.07, 6.45) is 0. The Bertz CT molecular complexity index is 1040. The predicted molar refractivity (Wildman–Crippen MR) is 110 cm³/mol. The lowest BCUT2D eigenvalue weighted by atomic mass is 10.1. The number of hydrogen-bond acceptors (Lipinski definition) is 5. The molecule has 0 amide bonds.